The number of rotatable bonds is 4. The molecule has 5 heterocycles. The van der Waals surface area contributed by atoms with Gasteiger partial charge in [0.2, 0.25) is 0 Å². The summed E-state index contributed by atoms with van der Waals surface area (Å²) >= 11 is 1.29. The summed E-state index contributed by atoms with van der Waals surface area (Å²) in [7, 11) is 0. The van der Waals surface area contributed by atoms with Crippen LogP contribution in [-0.2, 0) is 13.1 Å². The van der Waals surface area contributed by atoms with Gasteiger partial charge in [-0.3, -0.25) is 9.59 Å². The Morgan fingerprint density at radius 2 is 2.00 bits per heavy atom. The first kappa shape index (κ1) is 23.6. The predicted octanol–water partition coefficient (Wildman–Crippen LogP) is 3.62. The molecule has 3 aromatic heterocycles. The standard InChI is InChI=1S/C23H25F3N6O2S/c1-14-8-30(13-27-14)18-5-6-19-21(34)31(15(2)9-32(19)20(18)33)11-17-12-35-22(28-17)29-7-3-4-16(10-29)23(24,25)26/h5-6,8,12-13,15-16H,3-4,7,9-11H2,1-2H3/t15-,16?/m1/s1. The molecule has 0 radical (unpaired) electrons. The van der Waals surface area contributed by atoms with Crippen LogP contribution in [0.5, 0.6) is 0 Å². The lowest BCUT2D eigenvalue weighted by atomic mass is 9.98. The lowest BCUT2D eigenvalue weighted by molar-refractivity contribution is -0.175. The number of pyridine rings is 1. The number of hydrogen-bond donors (Lipinski definition) is 0. The molecular weight excluding hydrogens is 481 g/mol. The molecular formula is C23H25F3N6O2S. The SMILES string of the molecule is Cc1cn(-c2ccc3n(c2=O)C[C@@H](C)N(Cc2csc(N4CCCC(C(F)(F)F)C4)n2)C3=O)cn1. The first-order chi connectivity index (χ1) is 16.6. The van der Waals surface area contributed by atoms with Crippen molar-refractivity contribution < 1.29 is 18.0 Å². The Kier molecular flexibility index (Phi) is 5.94. The quantitative estimate of drug-likeness (QED) is 0.540. The normalized spacial score (nSPS) is 20.9. The third-order valence-electron chi connectivity index (χ3n) is 6.63. The number of hydrogen-bond acceptors (Lipinski definition) is 6. The molecule has 2 atom stereocenters. The summed E-state index contributed by atoms with van der Waals surface area (Å²) in [6.07, 6.45) is -0.288. The van der Waals surface area contributed by atoms with Crippen molar-refractivity contribution >= 4 is 22.4 Å². The molecule has 3 aromatic rings. The maximum Gasteiger partial charge on any atom is 0.393 e. The second-order valence-corrected chi connectivity index (χ2v) is 10.0. The highest BCUT2D eigenvalue weighted by atomic mass is 32.1. The van der Waals surface area contributed by atoms with Gasteiger partial charge in [-0.1, -0.05) is 0 Å². The van der Waals surface area contributed by atoms with Gasteiger partial charge in [0.25, 0.3) is 11.5 Å². The van der Waals surface area contributed by atoms with Gasteiger partial charge in [0, 0.05) is 37.3 Å². The number of carbonyl (C=O) groups is 1. The molecule has 2 aliphatic heterocycles. The van der Waals surface area contributed by atoms with E-state index in [1.165, 1.54) is 15.9 Å². The number of alkyl halides is 3. The maximum atomic E-state index is 13.3. The van der Waals surface area contributed by atoms with E-state index in [2.05, 4.69) is 9.97 Å². The Morgan fingerprint density at radius 1 is 1.20 bits per heavy atom. The number of aryl methyl sites for hydroxylation is 1. The lowest BCUT2D eigenvalue weighted by Gasteiger charge is -2.35. The molecule has 1 unspecified atom stereocenters. The minimum Gasteiger partial charge on any atom is -0.347 e. The van der Waals surface area contributed by atoms with Crippen LogP contribution in [0, 0.1) is 12.8 Å². The number of aromatic nitrogens is 4. The van der Waals surface area contributed by atoms with Gasteiger partial charge >= 0.3 is 6.18 Å². The number of halogens is 3. The van der Waals surface area contributed by atoms with Gasteiger partial charge in [-0.15, -0.1) is 11.3 Å². The highest BCUT2D eigenvalue weighted by Gasteiger charge is 2.42. The molecule has 35 heavy (non-hydrogen) atoms. The van der Waals surface area contributed by atoms with E-state index in [1.807, 2.05) is 13.8 Å². The van der Waals surface area contributed by atoms with E-state index >= 15 is 0 Å². The van der Waals surface area contributed by atoms with Gasteiger partial charge < -0.3 is 18.9 Å². The smallest absolute Gasteiger partial charge is 0.347 e. The van der Waals surface area contributed by atoms with Crippen molar-refractivity contribution in [1.82, 2.24) is 24.0 Å². The van der Waals surface area contributed by atoms with Crippen LogP contribution in [-0.4, -0.2) is 55.2 Å². The number of thiazole rings is 1. The largest absolute Gasteiger partial charge is 0.393 e. The maximum absolute atomic E-state index is 13.3. The number of carbonyl (C=O) groups excluding carboxylic acids is 1. The van der Waals surface area contributed by atoms with Crippen LogP contribution in [0.4, 0.5) is 18.3 Å². The van der Waals surface area contributed by atoms with Crippen molar-refractivity contribution in [2.75, 3.05) is 18.0 Å². The molecule has 1 amide bonds. The number of amides is 1. The number of piperidine rings is 1. The zero-order chi connectivity index (χ0) is 24.9. The summed E-state index contributed by atoms with van der Waals surface area (Å²) in [5, 5.41) is 2.33. The molecule has 0 bridgehead atoms. The molecule has 1 saturated heterocycles. The summed E-state index contributed by atoms with van der Waals surface area (Å²) in [5.41, 5.74) is 1.86. The van der Waals surface area contributed by atoms with Crippen LogP contribution in [0.3, 0.4) is 0 Å². The van der Waals surface area contributed by atoms with Crippen LogP contribution in [0.15, 0.2) is 34.8 Å². The van der Waals surface area contributed by atoms with Crippen molar-refractivity contribution in [1.29, 1.82) is 0 Å². The van der Waals surface area contributed by atoms with E-state index in [0.29, 0.717) is 41.7 Å². The van der Waals surface area contributed by atoms with Gasteiger partial charge in [0.1, 0.15) is 11.4 Å². The second-order valence-electron chi connectivity index (χ2n) is 9.17. The molecule has 186 valence electrons. The summed E-state index contributed by atoms with van der Waals surface area (Å²) < 4.78 is 42.7. The molecule has 0 aromatic carbocycles. The zero-order valence-electron chi connectivity index (χ0n) is 19.3. The molecule has 0 spiro atoms. The van der Waals surface area contributed by atoms with Gasteiger partial charge in [0.05, 0.1) is 30.2 Å². The van der Waals surface area contributed by atoms with Crippen LogP contribution >= 0.6 is 11.3 Å². The fourth-order valence-electron chi connectivity index (χ4n) is 4.73. The molecule has 2 aliphatic rings. The van der Waals surface area contributed by atoms with Crippen LogP contribution in [0.1, 0.15) is 41.6 Å². The first-order valence-electron chi connectivity index (χ1n) is 11.4. The van der Waals surface area contributed by atoms with E-state index in [4.69, 9.17) is 0 Å². The van der Waals surface area contributed by atoms with Gasteiger partial charge in [0.15, 0.2) is 5.13 Å². The molecule has 0 aliphatic carbocycles. The molecule has 8 nitrogen and oxygen atoms in total. The van der Waals surface area contributed by atoms with Crippen LogP contribution in [0.2, 0.25) is 0 Å². The number of anilines is 1. The monoisotopic (exact) mass is 506 g/mol. The average Bonchev–Trinajstić information content (AvgIpc) is 3.46. The zero-order valence-corrected chi connectivity index (χ0v) is 20.1. The number of fused-ring (bicyclic) bond motifs is 1. The third-order valence-corrected chi connectivity index (χ3v) is 7.58. The molecule has 0 saturated carbocycles. The number of nitrogens with zero attached hydrogens (tertiary/aromatic N) is 6. The summed E-state index contributed by atoms with van der Waals surface area (Å²) in [6.45, 7) is 4.70. The number of imidazole rings is 1. The van der Waals surface area contributed by atoms with Crippen molar-refractivity contribution in [3.63, 3.8) is 0 Å². The predicted molar refractivity (Wildman–Crippen MR) is 125 cm³/mol. The minimum atomic E-state index is -4.21. The first-order valence-corrected chi connectivity index (χ1v) is 12.3. The molecule has 5 rings (SSSR count). The van der Waals surface area contributed by atoms with E-state index in [0.717, 1.165) is 5.69 Å². The highest BCUT2D eigenvalue weighted by molar-refractivity contribution is 7.13. The third kappa shape index (κ3) is 4.46. The Labute approximate surface area is 203 Å². The summed E-state index contributed by atoms with van der Waals surface area (Å²) in [5.74, 6) is -1.63. The van der Waals surface area contributed by atoms with E-state index in [9.17, 15) is 22.8 Å². The van der Waals surface area contributed by atoms with E-state index in [1.54, 1.807) is 44.4 Å². The van der Waals surface area contributed by atoms with Crippen LogP contribution < -0.4 is 10.5 Å². The Bertz CT molecular complexity index is 1310. The fraction of sp³-hybridized carbons (Fsp3) is 0.478. The Hall–Kier alpha value is -3.15. The van der Waals surface area contributed by atoms with Crippen molar-refractivity contribution in [3.8, 4) is 5.69 Å². The lowest BCUT2D eigenvalue weighted by Crippen LogP contribution is -2.49. The minimum absolute atomic E-state index is 0.0927. The van der Waals surface area contributed by atoms with Crippen molar-refractivity contribution in [2.24, 2.45) is 5.92 Å². The Morgan fingerprint density at radius 3 is 2.71 bits per heavy atom. The fourth-order valence-corrected chi connectivity index (χ4v) is 5.58. The molecule has 12 heteroatoms. The van der Waals surface area contributed by atoms with Crippen LogP contribution in [0.25, 0.3) is 5.69 Å². The van der Waals surface area contributed by atoms with E-state index in [-0.39, 0.29) is 37.0 Å². The van der Waals surface area contributed by atoms with Gasteiger partial charge in [-0.2, -0.15) is 13.2 Å². The molecule has 1 fully saturated rings. The summed E-state index contributed by atoms with van der Waals surface area (Å²) in [4.78, 5) is 38.4. The Balaban J connectivity index is 1.34. The van der Waals surface area contributed by atoms with Crippen molar-refractivity contribution in [3.05, 3.63) is 57.5 Å². The van der Waals surface area contributed by atoms with Crippen molar-refractivity contribution in [2.45, 2.75) is 52.0 Å². The van der Waals surface area contributed by atoms with E-state index < -0.39 is 12.1 Å². The highest BCUT2D eigenvalue weighted by Crippen LogP contribution is 2.35. The van der Waals surface area contributed by atoms with Gasteiger partial charge in [-0.05, 0) is 38.8 Å². The average molecular weight is 507 g/mol. The topological polar surface area (TPSA) is 76.3 Å². The van der Waals surface area contributed by atoms with Gasteiger partial charge in [-0.25, -0.2) is 9.97 Å². The second kappa shape index (κ2) is 8.81. The molecule has 0 N–H and O–H groups in total. The summed E-state index contributed by atoms with van der Waals surface area (Å²) in [6, 6.07) is 3.00.